The smallest absolute Gasteiger partial charge is 0.243 e. The lowest BCUT2D eigenvalue weighted by Gasteiger charge is -2.21. The normalized spacial score (nSPS) is 11.3. The van der Waals surface area contributed by atoms with Gasteiger partial charge in [0.05, 0.1) is 6.54 Å². The SMILES string of the molecule is CNCC(C)C(=O)N(C)CC(=O)Nc1c(C)cccc1C.Cl. The second kappa shape index (κ2) is 9.43. The van der Waals surface area contributed by atoms with Crippen molar-refractivity contribution in [2.75, 3.05) is 32.5 Å². The summed E-state index contributed by atoms with van der Waals surface area (Å²) in [5, 5.41) is 5.85. The summed E-state index contributed by atoms with van der Waals surface area (Å²) >= 11 is 0. The third-order valence-electron chi connectivity index (χ3n) is 3.43. The monoisotopic (exact) mass is 327 g/mol. The van der Waals surface area contributed by atoms with Gasteiger partial charge in [0, 0.05) is 25.2 Å². The molecule has 22 heavy (non-hydrogen) atoms. The van der Waals surface area contributed by atoms with E-state index in [-0.39, 0.29) is 36.7 Å². The minimum Gasteiger partial charge on any atom is -0.336 e. The number of anilines is 1. The molecule has 1 aromatic carbocycles. The van der Waals surface area contributed by atoms with Crippen LogP contribution in [0.3, 0.4) is 0 Å². The number of carbonyl (C=O) groups excluding carboxylic acids is 2. The molecule has 1 aromatic rings. The lowest BCUT2D eigenvalue weighted by Crippen LogP contribution is -2.40. The fourth-order valence-corrected chi connectivity index (χ4v) is 2.25. The van der Waals surface area contributed by atoms with E-state index in [1.165, 1.54) is 4.90 Å². The van der Waals surface area contributed by atoms with Crippen molar-refractivity contribution in [1.29, 1.82) is 0 Å². The number of nitrogens with zero attached hydrogens (tertiary/aromatic N) is 1. The number of carbonyl (C=O) groups is 2. The van der Waals surface area contributed by atoms with Crippen molar-refractivity contribution in [1.82, 2.24) is 10.2 Å². The summed E-state index contributed by atoms with van der Waals surface area (Å²) in [6.45, 7) is 6.40. The molecule has 1 rings (SSSR count). The van der Waals surface area contributed by atoms with Crippen molar-refractivity contribution in [2.45, 2.75) is 20.8 Å². The summed E-state index contributed by atoms with van der Waals surface area (Å²) in [5.74, 6) is -0.367. The van der Waals surface area contributed by atoms with E-state index in [9.17, 15) is 9.59 Å². The number of aryl methyl sites for hydroxylation is 2. The Morgan fingerprint density at radius 1 is 1.23 bits per heavy atom. The Labute approximate surface area is 138 Å². The predicted octanol–water partition coefficient (Wildman–Crippen LogP) is 1.98. The van der Waals surface area contributed by atoms with Crippen molar-refractivity contribution < 1.29 is 9.59 Å². The second-order valence-electron chi connectivity index (χ2n) is 5.47. The average Bonchev–Trinajstić information content (AvgIpc) is 2.42. The zero-order chi connectivity index (χ0) is 16.0. The molecule has 0 aromatic heterocycles. The van der Waals surface area contributed by atoms with Crippen molar-refractivity contribution in [3.05, 3.63) is 29.3 Å². The third kappa shape index (κ3) is 5.66. The number of likely N-dealkylation sites (N-methyl/N-ethyl adjacent to an activating group) is 1. The molecule has 0 aliphatic heterocycles. The summed E-state index contributed by atoms with van der Waals surface area (Å²) in [7, 11) is 3.45. The Morgan fingerprint density at radius 2 is 1.77 bits per heavy atom. The maximum Gasteiger partial charge on any atom is 0.243 e. The van der Waals surface area contributed by atoms with E-state index in [0.29, 0.717) is 6.54 Å². The number of amides is 2. The van der Waals surface area contributed by atoms with E-state index in [2.05, 4.69) is 10.6 Å². The van der Waals surface area contributed by atoms with Crippen LogP contribution in [0.5, 0.6) is 0 Å². The topological polar surface area (TPSA) is 61.4 Å². The fraction of sp³-hybridized carbons (Fsp3) is 0.500. The van der Waals surface area contributed by atoms with E-state index >= 15 is 0 Å². The highest BCUT2D eigenvalue weighted by atomic mass is 35.5. The van der Waals surface area contributed by atoms with Gasteiger partial charge >= 0.3 is 0 Å². The number of hydrogen-bond donors (Lipinski definition) is 2. The van der Waals surface area contributed by atoms with Crippen molar-refractivity contribution in [3.63, 3.8) is 0 Å². The number of rotatable bonds is 6. The molecule has 1 unspecified atom stereocenters. The minimum absolute atomic E-state index is 0. The highest BCUT2D eigenvalue weighted by molar-refractivity contribution is 5.95. The van der Waals surface area contributed by atoms with E-state index in [1.807, 2.05) is 39.0 Å². The largest absolute Gasteiger partial charge is 0.336 e. The van der Waals surface area contributed by atoms with Gasteiger partial charge in [0.15, 0.2) is 0 Å². The van der Waals surface area contributed by atoms with Crippen LogP contribution < -0.4 is 10.6 Å². The van der Waals surface area contributed by atoms with Gasteiger partial charge < -0.3 is 15.5 Å². The Balaban J connectivity index is 0.00000441. The molecule has 1 atom stereocenters. The lowest BCUT2D eigenvalue weighted by molar-refractivity contribution is -0.136. The predicted molar refractivity (Wildman–Crippen MR) is 92.5 cm³/mol. The summed E-state index contributed by atoms with van der Waals surface area (Å²) in [6, 6.07) is 5.86. The molecule has 0 aliphatic rings. The van der Waals surface area contributed by atoms with E-state index in [0.717, 1.165) is 16.8 Å². The standard InChI is InChI=1S/C16H25N3O2.ClH/c1-11-7-6-8-12(2)15(11)18-14(20)10-19(5)16(21)13(3)9-17-4;/h6-8,13,17H,9-10H2,1-5H3,(H,18,20);1H. The molecular weight excluding hydrogens is 302 g/mol. The Hall–Kier alpha value is -1.59. The molecule has 0 spiro atoms. The molecule has 2 amide bonds. The molecule has 2 N–H and O–H groups in total. The Morgan fingerprint density at radius 3 is 2.27 bits per heavy atom. The minimum atomic E-state index is -0.181. The highest BCUT2D eigenvalue weighted by Crippen LogP contribution is 2.19. The van der Waals surface area contributed by atoms with Crippen LogP contribution in [0, 0.1) is 19.8 Å². The van der Waals surface area contributed by atoms with Crippen molar-refractivity contribution in [3.8, 4) is 0 Å². The van der Waals surface area contributed by atoms with Gasteiger partial charge in [-0.05, 0) is 32.0 Å². The van der Waals surface area contributed by atoms with Crippen LogP contribution in [-0.2, 0) is 9.59 Å². The van der Waals surface area contributed by atoms with Gasteiger partial charge in [-0.2, -0.15) is 0 Å². The lowest BCUT2D eigenvalue weighted by atomic mass is 10.1. The van der Waals surface area contributed by atoms with Gasteiger partial charge in [-0.1, -0.05) is 25.1 Å². The first kappa shape index (κ1) is 20.4. The van der Waals surface area contributed by atoms with Crippen LogP contribution in [-0.4, -0.2) is 43.9 Å². The van der Waals surface area contributed by atoms with Gasteiger partial charge in [-0.25, -0.2) is 0 Å². The molecule has 0 heterocycles. The molecule has 124 valence electrons. The summed E-state index contributed by atoms with van der Waals surface area (Å²) in [5.41, 5.74) is 2.85. The molecule has 0 fully saturated rings. The molecule has 0 radical (unpaired) electrons. The molecule has 5 nitrogen and oxygen atoms in total. The van der Waals surface area contributed by atoms with E-state index in [1.54, 1.807) is 14.1 Å². The quantitative estimate of drug-likeness (QED) is 0.840. The maximum atomic E-state index is 12.1. The van der Waals surface area contributed by atoms with Crippen LogP contribution in [0.15, 0.2) is 18.2 Å². The molecular formula is C16H26ClN3O2. The van der Waals surface area contributed by atoms with Crippen LogP contribution in [0.2, 0.25) is 0 Å². The number of nitrogens with one attached hydrogen (secondary N) is 2. The van der Waals surface area contributed by atoms with Crippen molar-refractivity contribution in [2.24, 2.45) is 5.92 Å². The van der Waals surface area contributed by atoms with Crippen LogP contribution in [0.25, 0.3) is 0 Å². The third-order valence-corrected chi connectivity index (χ3v) is 3.43. The first-order valence-electron chi connectivity index (χ1n) is 7.12. The van der Waals surface area contributed by atoms with E-state index < -0.39 is 0 Å². The zero-order valence-electron chi connectivity index (χ0n) is 13.9. The van der Waals surface area contributed by atoms with Crippen molar-refractivity contribution >= 4 is 29.9 Å². The van der Waals surface area contributed by atoms with Crippen LogP contribution >= 0.6 is 12.4 Å². The van der Waals surface area contributed by atoms with Gasteiger partial charge in [0.25, 0.3) is 0 Å². The number of para-hydroxylation sites is 1. The highest BCUT2D eigenvalue weighted by Gasteiger charge is 2.19. The molecule has 0 aliphatic carbocycles. The first-order valence-corrected chi connectivity index (χ1v) is 7.12. The van der Waals surface area contributed by atoms with Gasteiger partial charge in [-0.3, -0.25) is 9.59 Å². The van der Waals surface area contributed by atoms with Gasteiger partial charge in [0.1, 0.15) is 0 Å². The Bertz CT molecular complexity index is 500. The number of halogens is 1. The fourth-order valence-electron chi connectivity index (χ4n) is 2.25. The average molecular weight is 328 g/mol. The molecule has 0 bridgehead atoms. The number of hydrogen-bond acceptors (Lipinski definition) is 3. The molecule has 0 saturated carbocycles. The zero-order valence-corrected chi connectivity index (χ0v) is 14.7. The molecule has 6 heteroatoms. The summed E-state index contributed by atoms with van der Waals surface area (Å²) in [6.07, 6.45) is 0. The van der Waals surface area contributed by atoms with Crippen LogP contribution in [0.4, 0.5) is 5.69 Å². The van der Waals surface area contributed by atoms with E-state index in [4.69, 9.17) is 0 Å². The maximum absolute atomic E-state index is 12.1. The summed E-state index contributed by atoms with van der Waals surface area (Å²) < 4.78 is 0. The van der Waals surface area contributed by atoms with Crippen LogP contribution in [0.1, 0.15) is 18.1 Å². The number of benzene rings is 1. The molecule has 0 saturated heterocycles. The Kier molecular flexibility index (Phi) is 8.75. The second-order valence-corrected chi connectivity index (χ2v) is 5.47. The van der Waals surface area contributed by atoms with Gasteiger partial charge in [0.2, 0.25) is 11.8 Å². The van der Waals surface area contributed by atoms with Gasteiger partial charge in [-0.15, -0.1) is 12.4 Å². The summed E-state index contributed by atoms with van der Waals surface area (Å²) in [4.78, 5) is 25.6. The first-order chi connectivity index (χ1) is 9.86.